The fraction of sp³-hybridized carbons (Fsp3) is 0.696. The quantitative estimate of drug-likeness (QED) is 0.641. The summed E-state index contributed by atoms with van der Waals surface area (Å²) >= 11 is 1.46. The lowest BCUT2D eigenvalue weighted by molar-refractivity contribution is -0.147. The number of hydrogen-bond acceptors (Lipinski definition) is 5. The maximum absolute atomic E-state index is 13.0. The van der Waals surface area contributed by atoms with E-state index in [4.69, 9.17) is 4.74 Å². The van der Waals surface area contributed by atoms with Crippen LogP contribution < -0.4 is 5.32 Å². The van der Waals surface area contributed by atoms with Gasteiger partial charge < -0.3 is 15.2 Å². The third-order valence-corrected chi connectivity index (χ3v) is 7.80. The SMILES string of the molecule is CCOC(=O)c1c(NC(=O)[C@H]2CCCC[C@@H]2C(=O)O)sc2c1CC[C@@H](C(C)(C)C)C2. The highest BCUT2D eigenvalue weighted by molar-refractivity contribution is 7.17. The summed E-state index contributed by atoms with van der Waals surface area (Å²) in [6.45, 7) is 8.75. The number of amides is 1. The summed E-state index contributed by atoms with van der Waals surface area (Å²) in [4.78, 5) is 38.5. The van der Waals surface area contributed by atoms with Crippen LogP contribution in [0.15, 0.2) is 0 Å². The Morgan fingerprint density at radius 3 is 2.40 bits per heavy atom. The molecule has 2 N–H and O–H groups in total. The lowest BCUT2D eigenvalue weighted by Gasteiger charge is -2.33. The van der Waals surface area contributed by atoms with E-state index in [0.29, 0.717) is 29.3 Å². The van der Waals surface area contributed by atoms with E-state index in [1.807, 2.05) is 0 Å². The third kappa shape index (κ3) is 4.71. The number of aliphatic carboxylic acids is 1. The van der Waals surface area contributed by atoms with Gasteiger partial charge in [0.05, 0.1) is 24.0 Å². The molecular weight excluding hydrogens is 402 g/mol. The van der Waals surface area contributed by atoms with E-state index >= 15 is 0 Å². The summed E-state index contributed by atoms with van der Waals surface area (Å²) in [7, 11) is 0. The topological polar surface area (TPSA) is 92.7 Å². The summed E-state index contributed by atoms with van der Waals surface area (Å²) in [5.41, 5.74) is 1.64. The standard InChI is InChI=1S/C23H33NO5S/c1-5-29-22(28)18-16-11-10-13(23(2,3)4)12-17(16)30-20(18)24-19(25)14-8-6-7-9-15(14)21(26)27/h13-15H,5-12H2,1-4H3,(H,24,25)(H,26,27)/t13-,14+,15+/m1/s1. The third-order valence-electron chi connectivity index (χ3n) is 6.63. The average Bonchev–Trinajstić information content (AvgIpc) is 3.04. The molecule has 1 aromatic rings. The number of hydrogen-bond donors (Lipinski definition) is 2. The van der Waals surface area contributed by atoms with Gasteiger partial charge in [0, 0.05) is 4.88 Å². The smallest absolute Gasteiger partial charge is 0.341 e. The molecule has 1 heterocycles. The number of anilines is 1. The number of carboxylic acids is 1. The van der Waals surface area contributed by atoms with Gasteiger partial charge in [0.2, 0.25) is 5.91 Å². The normalized spacial score (nSPS) is 24.1. The molecule has 0 aliphatic heterocycles. The molecule has 0 radical (unpaired) electrons. The van der Waals surface area contributed by atoms with E-state index in [1.54, 1.807) is 6.92 Å². The van der Waals surface area contributed by atoms with Crippen molar-refractivity contribution in [3.05, 3.63) is 16.0 Å². The predicted molar refractivity (Wildman–Crippen MR) is 117 cm³/mol. The van der Waals surface area contributed by atoms with Crippen molar-refractivity contribution in [3.63, 3.8) is 0 Å². The molecule has 1 aromatic heterocycles. The van der Waals surface area contributed by atoms with Crippen LogP contribution in [0.4, 0.5) is 5.00 Å². The molecule has 0 saturated heterocycles. The summed E-state index contributed by atoms with van der Waals surface area (Å²) in [6.07, 6.45) is 5.43. The minimum atomic E-state index is -0.918. The molecule has 1 amide bonds. The molecule has 0 aromatic carbocycles. The number of carbonyl (C=O) groups excluding carboxylic acids is 2. The van der Waals surface area contributed by atoms with Gasteiger partial charge in [-0.2, -0.15) is 0 Å². The van der Waals surface area contributed by atoms with Gasteiger partial charge in [-0.3, -0.25) is 9.59 Å². The highest BCUT2D eigenvalue weighted by Gasteiger charge is 2.38. The fourth-order valence-electron chi connectivity index (χ4n) is 4.78. The second-order valence-electron chi connectivity index (χ2n) is 9.56. The van der Waals surface area contributed by atoms with E-state index in [0.717, 1.165) is 42.5 Å². The van der Waals surface area contributed by atoms with Crippen molar-refractivity contribution in [1.29, 1.82) is 0 Å². The number of thiophene rings is 1. The maximum atomic E-state index is 13.0. The van der Waals surface area contributed by atoms with Crippen molar-refractivity contribution in [2.45, 2.75) is 72.6 Å². The first-order valence-corrected chi connectivity index (χ1v) is 11.8. The summed E-state index contributed by atoms with van der Waals surface area (Å²) in [5.74, 6) is -2.33. The van der Waals surface area contributed by atoms with Gasteiger partial charge in [-0.15, -0.1) is 11.3 Å². The van der Waals surface area contributed by atoms with Crippen LogP contribution in [0, 0.1) is 23.2 Å². The van der Waals surface area contributed by atoms with Crippen molar-refractivity contribution in [3.8, 4) is 0 Å². The van der Waals surface area contributed by atoms with Crippen LogP contribution in [0.3, 0.4) is 0 Å². The zero-order chi connectivity index (χ0) is 22.1. The molecular formula is C23H33NO5S. The first-order valence-electron chi connectivity index (χ1n) is 11.0. The number of nitrogens with one attached hydrogen (secondary N) is 1. The second-order valence-corrected chi connectivity index (χ2v) is 10.7. The van der Waals surface area contributed by atoms with E-state index in [9.17, 15) is 19.5 Å². The van der Waals surface area contributed by atoms with Crippen molar-refractivity contribution in [1.82, 2.24) is 0 Å². The van der Waals surface area contributed by atoms with Gasteiger partial charge in [-0.05, 0) is 55.9 Å². The molecule has 0 spiro atoms. The van der Waals surface area contributed by atoms with Crippen LogP contribution in [0.5, 0.6) is 0 Å². The van der Waals surface area contributed by atoms with Crippen LogP contribution in [0.2, 0.25) is 0 Å². The van der Waals surface area contributed by atoms with Crippen LogP contribution in [0.1, 0.15) is 80.6 Å². The Kier molecular flexibility index (Phi) is 6.90. The average molecular weight is 436 g/mol. The largest absolute Gasteiger partial charge is 0.481 e. The first kappa shape index (κ1) is 22.8. The van der Waals surface area contributed by atoms with Crippen LogP contribution in [0.25, 0.3) is 0 Å². The molecule has 0 bridgehead atoms. The van der Waals surface area contributed by atoms with E-state index in [-0.39, 0.29) is 17.9 Å². The van der Waals surface area contributed by atoms with Crippen LogP contribution >= 0.6 is 11.3 Å². The Balaban J connectivity index is 1.90. The molecule has 6 nitrogen and oxygen atoms in total. The van der Waals surface area contributed by atoms with Crippen LogP contribution in [-0.4, -0.2) is 29.6 Å². The van der Waals surface area contributed by atoms with Gasteiger partial charge in [0.25, 0.3) is 0 Å². The molecule has 1 fully saturated rings. The molecule has 3 rings (SSSR count). The molecule has 7 heteroatoms. The number of carboxylic acid groups (broad SMARTS) is 1. The summed E-state index contributed by atoms with van der Waals surface area (Å²) in [5, 5.41) is 13.0. The second kappa shape index (κ2) is 9.08. The van der Waals surface area contributed by atoms with E-state index in [1.165, 1.54) is 11.3 Å². The van der Waals surface area contributed by atoms with Gasteiger partial charge in [0.1, 0.15) is 5.00 Å². The number of esters is 1. The van der Waals surface area contributed by atoms with Crippen molar-refractivity contribution < 1.29 is 24.2 Å². The predicted octanol–water partition coefficient (Wildman–Crippen LogP) is 4.91. The molecule has 30 heavy (non-hydrogen) atoms. The molecule has 0 unspecified atom stereocenters. The Morgan fingerprint density at radius 2 is 1.80 bits per heavy atom. The summed E-state index contributed by atoms with van der Waals surface area (Å²) < 4.78 is 5.30. The molecule has 166 valence electrons. The fourth-order valence-corrected chi connectivity index (χ4v) is 6.10. The van der Waals surface area contributed by atoms with Gasteiger partial charge in [-0.25, -0.2) is 4.79 Å². The Bertz CT molecular complexity index is 822. The zero-order valence-electron chi connectivity index (χ0n) is 18.4. The van der Waals surface area contributed by atoms with E-state index in [2.05, 4.69) is 26.1 Å². The minimum absolute atomic E-state index is 0.173. The van der Waals surface area contributed by atoms with Gasteiger partial charge >= 0.3 is 11.9 Å². The number of carbonyl (C=O) groups is 3. The lowest BCUT2D eigenvalue weighted by atomic mass is 9.72. The van der Waals surface area contributed by atoms with E-state index < -0.39 is 23.8 Å². The highest BCUT2D eigenvalue weighted by atomic mass is 32.1. The van der Waals surface area contributed by atoms with Crippen LogP contribution in [-0.2, 0) is 27.2 Å². The Labute approximate surface area is 182 Å². The molecule has 3 atom stereocenters. The highest BCUT2D eigenvalue weighted by Crippen LogP contribution is 2.45. The monoisotopic (exact) mass is 435 g/mol. The van der Waals surface area contributed by atoms with Gasteiger partial charge in [0.15, 0.2) is 0 Å². The van der Waals surface area contributed by atoms with Crippen molar-refractivity contribution >= 4 is 34.2 Å². The number of ether oxygens (including phenoxy) is 1. The van der Waals surface area contributed by atoms with Gasteiger partial charge in [-0.1, -0.05) is 33.6 Å². The van der Waals surface area contributed by atoms with Crippen molar-refractivity contribution in [2.75, 3.05) is 11.9 Å². The Morgan fingerprint density at radius 1 is 1.13 bits per heavy atom. The lowest BCUT2D eigenvalue weighted by Crippen LogP contribution is -2.36. The first-order chi connectivity index (χ1) is 14.1. The number of rotatable bonds is 5. The molecule has 1 saturated carbocycles. The Hall–Kier alpha value is -1.89. The van der Waals surface area contributed by atoms with Crippen molar-refractivity contribution in [2.24, 2.45) is 23.2 Å². The molecule has 2 aliphatic carbocycles. The molecule has 2 aliphatic rings. The number of fused-ring (bicyclic) bond motifs is 1. The minimum Gasteiger partial charge on any atom is -0.481 e. The zero-order valence-corrected chi connectivity index (χ0v) is 19.2. The summed E-state index contributed by atoms with van der Waals surface area (Å²) in [6, 6.07) is 0. The maximum Gasteiger partial charge on any atom is 0.341 e.